The summed E-state index contributed by atoms with van der Waals surface area (Å²) >= 11 is 1.76. The molecule has 0 N–H and O–H groups in total. The van der Waals surface area contributed by atoms with Gasteiger partial charge in [-0.05, 0) is 23.8 Å². The number of thioether (sulfide) groups is 1. The van der Waals surface area contributed by atoms with Crippen molar-refractivity contribution in [3.8, 4) is 11.4 Å². The highest BCUT2D eigenvalue weighted by molar-refractivity contribution is 7.99. The molecular formula is C21H28N6S. The number of hydrogen-bond donors (Lipinski definition) is 0. The quantitative estimate of drug-likeness (QED) is 0.563. The van der Waals surface area contributed by atoms with Gasteiger partial charge in [-0.3, -0.25) is 9.25 Å². The molecule has 1 saturated carbocycles. The molecule has 0 bridgehead atoms. The summed E-state index contributed by atoms with van der Waals surface area (Å²) in [5, 5.41) is 14.3. The maximum Gasteiger partial charge on any atom is 0.191 e. The van der Waals surface area contributed by atoms with Crippen LogP contribution < -0.4 is 0 Å². The molecule has 6 nitrogen and oxygen atoms in total. The molecule has 0 aliphatic heterocycles. The summed E-state index contributed by atoms with van der Waals surface area (Å²) in [6, 6.07) is 9.34. The van der Waals surface area contributed by atoms with E-state index in [1.807, 2.05) is 4.68 Å². The molecule has 0 atom stereocenters. The summed E-state index contributed by atoms with van der Waals surface area (Å²) in [6.45, 7) is 7.55. The second-order valence-corrected chi connectivity index (χ2v) is 9.51. The fourth-order valence-corrected chi connectivity index (χ4v) is 4.70. The SMILES string of the molecule is CC(C)(C)c1ccc(-c2nnc(SCCn3cncn3)n2C2CCCC2)cc1. The minimum Gasteiger partial charge on any atom is -0.299 e. The van der Waals surface area contributed by atoms with Gasteiger partial charge >= 0.3 is 0 Å². The lowest BCUT2D eigenvalue weighted by atomic mass is 9.86. The highest BCUT2D eigenvalue weighted by Crippen LogP contribution is 2.37. The fourth-order valence-electron chi connectivity index (χ4n) is 3.76. The van der Waals surface area contributed by atoms with E-state index in [-0.39, 0.29) is 5.41 Å². The third-order valence-electron chi connectivity index (χ3n) is 5.38. The molecule has 0 radical (unpaired) electrons. The molecule has 2 heterocycles. The summed E-state index contributed by atoms with van der Waals surface area (Å²) in [6.07, 6.45) is 8.32. The van der Waals surface area contributed by atoms with Gasteiger partial charge in [0, 0.05) is 17.4 Å². The van der Waals surface area contributed by atoms with Crippen LogP contribution in [0, 0.1) is 0 Å². The van der Waals surface area contributed by atoms with Gasteiger partial charge in [-0.2, -0.15) is 5.10 Å². The number of benzene rings is 1. The van der Waals surface area contributed by atoms with Gasteiger partial charge < -0.3 is 0 Å². The monoisotopic (exact) mass is 396 g/mol. The van der Waals surface area contributed by atoms with E-state index in [0.717, 1.165) is 28.8 Å². The number of nitrogens with zero attached hydrogens (tertiary/aromatic N) is 6. The predicted octanol–water partition coefficient (Wildman–Crippen LogP) is 4.74. The first kappa shape index (κ1) is 19.2. The standard InChI is InChI=1S/C21H28N6S/c1-21(2,3)17-10-8-16(9-11-17)19-24-25-20(27(19)18-6-4-5-7-18)28-13-12-26-15-22-14-23-26/h8-11,14-15,18H,4-7,12-13H2,1-3H3. The van der Waals surface area contributed by atoms with Crippen molar-refractivity contribution >= 4 is 11.8 Å². The van der Waals surface area contributed by atoms with E-state index in [0.29, 0.717) is 6.04 Å². The van der Waals surface area contributed by atoms with E-state index in [2.05, 4.69) is 69.9 Å². The molecule has 28 heavy (non-hydrogen) atoms. The van der Waals surface area contributed by atoms with E-state index >= 15 is 0 Å². The fraction of sp³-hybridized carbons (Fsp3) is 0.524. The first-order chi connectivity index (χ1) is 13.5. The highest BCUT2D eigenvalue weighted by atomic mass is 32.2. The second-order valence-electron chi connectivity index (χ2n) is 8.45. The topological polar surface area (TPSA) is 61.4 Å². The molecule has 0 saturated heterocycles. The van der Waals surface area contributed by atoms with Crippen molar-refractivity contribution in [2.45, 2.75) is 69.6 Å². The van der Waals surface area contributed by atoms with Crippen LogP contribution in [0.2, 0.25) is 0 Å². The molecule has 0 amide bonds. The van der Waals surface area contributed by atoms with Crippen LogP contribution in [0.1, 0.15) is 58.1 Å². The predicted molar refractivity (Wildman–Crippen MR) is 112 cm³/mol. The summed E-state index contributed by atoms with van der Waals surface area (Å²) < 4.78 is 4.24. The van der Waals surface area contributed by atoms with Crippen LogP contribution in [0.5, 0.6) is 0 Å². The molecule has 0 spiro atoms. The lowest BCUT2D eigenvalue weighted by molar-refractivity contribution is 0.485. The summed E-state index contributed by atoms with van der Waals surface area (Å²) in [5.41, 5.74) is 2.64. The second kappa shape index (κ2) is 8.07. The molecule has 7 heteroatoms. The van der Waals surface area contributed by atoms with Crippen LogP contribution in [0.25, 0.3) is 11.4 Å². The Morgan fingerprint density at radius 3 is 2.46 bits per heavy atom. The Morgan fingerprint density at radius 2 is 1.82 bits per heavy atom. The Morgan fingerprint density at radius 1 is 1.07 bits per heavy atom. The molecule has 148 valence electrons. The number of aryl methyl sites for hydroxylation is 1. The zero-order chi connectivity index (χ0) is 19.6. The maximum absolute atomic E-state index is 4.60. The van der Waals surface area contributed by atoms with Crippen LogP contribution in [-0.4, -0.2) is 35.3 Å². The van der Waals surface area contributed by atoms with E-state index < -0.39 is 0 Å². The Hall–Kier alpha value is -2.15. The van der Waals surface area contributed by atoms with Crippen molar-refractivity contribution in [1.82, 2.24) is 29.5 Å². The van der Waals surface area contributed by atoms with Crippen molar-refractivity contribution in [1.29, 1.82) is 0 Å². The van der Waals surface area contributed by atoms with Gasteiger partial charge in [0.1, 0.15) is 12.7 Å². The normalized spacial score (nSPS) is 15.4. The van der Waals surface area contributed by atoms with Crippen molar-refractivity contribution in [2.24, 2.45) is 0 Å². The van der Waals surface area contributed by atoms with Crippen LogP contribution in [0.15, 0.2) is 42.1 Å². The Balaban J connectivity index is 1.58. The number of aromatic nitrogens is 6. The first-order valence-corrected chi connectivity index (χ1v) is 11.0. The average molecular weight is 397 g/mol. The summed E-state index contributed by atoms with van der Waals surface area (Å²) in [4.78, 5) is 4.01. The lowest BCUT2D eigenvalue weighted by Gasteiger charge is -2.20. The first-order valence-electron chi connectivity index (χ1n) is 10.0. The third-order valence-corrected chi connectivity index (χ3v) is 6.30. The average Bonchev–Trinajstić information content (AvgIpc) is 3.43. The Bertz CT molecular complexity index is 886. The molecule has 1 aliphatic rings. The molecule has 1 fully saturated rings. The Kier molecular flexibility index (Phi) is 5.53. The van der Waals surface area contributed by atoms with Crippen molar-refractivity contribution in [2.75, 3.05) is 5.75 Å². The molecule has 2 aromatic heterocycles. The highest BCUT2D eigenvalue weighted by Gasteiger charge is 2.25. The number of rotatable bonds is 6. The van der Waals surface area contributed by atoms with Gasteiger partial charge in [0.2, 0.25) is 0 Å². The van der Waals surface area contributed by atoms with Gasteiger partial charge in [-0.25, -0.2) is 4.98 Å². The molecule has 0 unspecified atom stereocenters. The van der Waals surface area contributed by atoms with E-state index in [9.17, 15) is 0 Å². The van der Waals surface area contributed by atoms with Crippen molar-refractivity contribution in [3.63, 3.8) is 0 Å². The van der Waals surface area contributed by atoms with Crippen LogP contribution in [-0.2, 0) is 12.0 Å². The lowest BCUT2D eigenvalue weighted by Crippen LogP contribution is -2.11. The van der Waals surface area contributed by atoms with Crippen LogP contribution >= 0.6 is 11.8 Å². The largest absolute Gasteiger partial charge is 0.299 e. The van der Waals surface area contributed by atoms with Gasteiger partial charge in [0.15, 0.2) is 11.0 Å². The van der Waals surface area contributed by atoms with Crippen LogP contribution in [0.4, 0.5) is 0 Å². The number of hydrogen-bond acceptors (Lipinski definition) is 5. The van der Waals surface area contributed by atoms with Crippen LogP contribution in [0.3, 0.4) is 0 Å². The van der Waals surface area contributed by atoms with E-state index in [1.165, 1.54) is 31.2 Å². The zero-order valence-electron chi connectivity index (χ0n) is 16.9. The van der Waals surface area contributed by atoms with Crippen molar-refractivity contribution < 1.29 is 0 Å². The van der Waals surface area contributed by atoms with Crippen molar-refractivity contribution in [3.05, 3.63) is 42.5 Å². The Labute approximate surface area is 170 Å². The van der Waals surface area contributed by atoms with E-state index in [1.54, 1.807) is 24.4 Å². The van der Waals surface area contributed by atoms with Gasteiger partial charge in [-0.1, -0.05) is 69.6 Å². The molecule has 3 aromatic rings. The smallest absolute Gasteiger partial charge is 0.191 e. The summed E-state index contributed by atoms with van der Waals surface area (Å²) in [5.74, 6) is 1.90. The molecule has 1 aliphatic carbocycles. The van der Waals surface area contributed by atoms with Gasteiger partial charge in [0.05, 0.1) is 6.54 Å². The minimum atomic E-state index is 0.153. The van der Waals surface area contributed by atoms with Gasteiger partial charge in [-0.15, -0.1) is 10.2 Å². The zero-order valence-corrected chi connectivity index (χ0v) is 17.7. The maximum atomic E-state index is 4.60. The molecule has 4 rings (SSSR count). The summed E-state index contributed by atoms with van der Waals surface area (Å²) in [7, 11) is 0. The van der Waals surface area contributed by atoms with Gasteiger partial charge in [0.25, 0.3) is 0 Å². The molecule has 1 aromatic carbocycles. The molecular weight excluding hydrogens is 368 g/mol. The minimum absolute atomic E-state index is 0.153. The van der Waals surface area contributed by atoms with E-state index in [4.69, 9.17) is 0 Å². The third kappa shape index (κ3) is 4.14.